The van der Waals surface area contributed by atoms with Crippen LogP contribution in [0.3, 0.4) is 0 Å². The number of amides is 1. The minimum atomic E-state index is -0.864. The first-order valence-electron chi connectivity index (χ1n) is 6.33. The van der Waals surface area contributed by atoms with Crippen LogP contribution in [0.15, 0.2) is 24.3 Å². The topological polar surface area (TPSA) is 66.8 Å². The monoisotopic (exact) mass is 263 g/mol. The number of aryl methyl sites for hydroxylation is 1. The van der Waals surface area contributed by atoms with Crippen molar-refractivity contribution in [1.82, 2.24) is 0 Å². The summed E-state index contributed by atoms with van der Waals surface area (Å²) in [6, 6.07) is 7.65. The van der Waals surface area contributed by atoms with Crippen molar-refractivity contribution in [2.24, 2.45) is 0 Å². The third-order valence-corrected chi connectivity index (χ3v) is 3.19. The quantitative estimate of drug-likeness (QED) is 0.906. The second kappa shape index (κ2) is 5.73. The van der Waals surface area contributed by atoms with Crippen LogP contribution in [0, 0.1) is 6.92 Å². The molecule has 2 rings (SSSR count). The molecule has 0 radical (unpaired) electrons. The highest BCUT2D eigenvalue weighted by Crippen LogP contribution is 2.23. The number of cyclic esters (lactones) is 1. The summed E-state index contributed by atoms with van der Waals surface area (Å²) >= 11 is 0. The van der Waals surface area contributed by atoms with E-state index in [0.717, 1.165) is 11.3 Å². The molecule has 1 aliphatic rings. The Hall–Kier alpha value is -2.04. The van der Waals surface area contributed by atoms with Gasteiger partial charge in [0.1, 0.15) is 6.10 Å². The molecule has 1 fully saturated rings. The van der Waals surface area contributed by atoms with Gasteiger partial charge in [-0.3, -0.25) is 9.69 Å². The standard InChI is InChI=1S/C14H17NO4/c1-10-2-4-11(5-3-10)15-9-8-12(19-14(15)18)6-7-13(16)17/h2-5,12H,6-9H2,1H3,(H,16,17). The third kappa shape index (κ3) is 3.47. The van der Waals surface area contributed by atoms with Gasteiger partial charge < -0.3 is 9.84 Å². The minimum Gasteiger partial charge on any atom is -0.481 e. The van der Waals surface area contributed by atoms with Gasteiger partial charge in [-0.2, -0.15) is 0 Å². The Labute approximate surface area is 111 Å². The molecule has 1 amide bonds. The average Bonchev–Trinajstić information content (AvgIpc) is 2.38. The summed E-state index contributed by atoms with van der Waals surface area (Å²) < 4.78 is 5.26. The molecule has 1 aromatic rings. The van der Waals surface area contributed by atoms with Crippen molar-refractivity contribution in [1.29, 1.82) is 0 Å². The molecule has 5 nitrogen and oxygen atoms in total. The number of benzene rings is 1. The molecule has 0 bridgehead atoms. The van der Waals surface area contributed by atoms with Gasteiger partial charge in [0.15, 0.2) is 0 Å². The van der Waals surface area contributed by atoms with Gasteiger partial charge in [0.2, 0.25) is 0 Å². The van der Waals surface area contributed by atoms with Crippen molar-refractivity contribution < 1.29 is 19.4 Å². The van der Waals surface area contributed by atoms with Crippen molar-refractivity contribution in [2.45, 2.75) is 32.3 Å². The molecule has 0 spiro atoms. The van der Waals surface area contributed by atoms with Gasteiger partial charge in [-0.05, 0) is 25.5 Å². The highest BCUT2D eigenvalue weighted by molar-refractivity contribution is 5.88. The SMILES string of the molecule is Cc1ccc(N2CCC(CCC(=O)O)OC2=O)cc1. The van der Waals surface area contributed by atoms with E-state index in [4.69, 9.17) is 9.84 Å². The van der Waals surface area contributed by atoms with Crippen LogP contribution < -0.4 is 4.90 Å². The Balaban J connectivity index is 1.95. The van der Waals surface area contributed by atoms with Crippen molar-refractivity contribution in [2.75, 3.05) is 11.4 Å². The maximum atomic E-state index is 11.9. The molecule has 1 unspecified atom stereocenters. The highest BCUT2D eigenvalue weighted by Gasteiger charge is 2.28. The summed E-state index contributed by atoms with van der Waals surface area (Å²) in [7, 11) is 0. The van der Waals surface area contributed by atoms with Crippen LogP contribution >= 0.6 is 0 Å². The summed E-state index contributed by atoms with van der Waals surface area (Å²) in [4.78, 5) is 24.0. The summed E-state index contributed by atoms with van der Waals surface area (Å²) in [5.74, 6) is -0.864. The number of nitrogens with zero attached hydrogens (tertiary/aromatic N) is 1. The van der Waals surface area contributed by atoms with Crippen LogP contribution in [-0.2, 0) is 9.53 Å². The molecular weight excluding hydrogens is 246 g/mol. The average molecular weight is 263 g/mol. The summed E-state index contributed by atoms with van der Waals surface area (Å²) in [5.41, 5.74) is 1.95. The van der Waals surface area contributed by atoms with E-state index in [1.54, 1.807) is 4.90 Å². The zero-order chi connectivity index (χ0) is 13.8. The lowest BCUT2D eigenvalue weighted by Crippen LogP contribution is -2.42. The maximum absolute atomic E-state index is 11.9. The molecule has 1 heterocycles. The van der Waals surface area contributed by atoms with E-state index in [2.05, 4.69) is 0 Å². The zero-order valence-electron chi connectivity index (χ0n) is 10.8. The first kappa shape index (κ1) is 13.4. The number of aliphatic carboxylic acids is 1. The molecule has 1 N–H and O–H groups in total. The molecule has 0 saturated carbocycles. The van der Waals surface area contributed by atoms with Crippen molar-refractivity contribution in [3.8, 4) is 0 Å². The van der Waals surface area contributed by atoms with Gasteiger partial charge in [-0.15, -0.1) is 0 Å². The number of hydrogen-bond acceptors (Lipinski definition) is 3. The van der Waals surface area contributed by atoms with Gasteiger partial charge in [-0.1, -0.05) is 17.7 Å². The Bertz CT molecular complexity index is 469. The lowest BCUT2D eigenvalue weighted by atomic mass is 10.1. The Kier molecular flexibility index (Phi) is 4.04. The molecule has 19 heavy (non-hydrogen) atoms. The molecule has 102 valence electrons. The zero-order valence-corrected chi connectivity index (χ0v) is 10.8. The largest absolute Gasteiger partial charge is 0.481 e. The number of ether oxygens (including phenoxy) is 1. The number of carboxylic acids is 1. The number of rotatable bonds is 4. The van der Waals surface area contributed by atoms with Gasteiger partial charge >= 0.3 is 12.1 Å². The first-order valence-corrected chi connectivity index (χ1v) is 6.33. The minimum absolute atomic E-state index is 0.0302. The van der Waals surface area contributed by atoms with Crippen LogP contribution in [0.4, 0.5) is 10.5 Å². The smallest absolute Gasteiger partial charge is 0.414 e. The Morgan fingerprint density at radius 3 is 2.68 bits per heavy atom. The fraction of sp³-hybridized carbons (Fsp3) is 0.429. The van der Waals surface area contributed by atoms with E-state index in [1.165, 1.54) is 0 Å². The van der Waals surface area contributed by atoms with Crippen LogP contribution in [0.25, 0.3) is 0 Å². The molecule has 5 heteroatoms. The fourth-order valence-corrected chi connectivity index (χ4v) is 2.08. The normalized spacial score (nSPS) is 19.1. The van der Waals surface area contributed by atoms with Gasteiger partial charge in [0, 0.05) is 25.1 Å². The molecule has 1 atom stereocenters. The number of carbonyl (C=O) groups is 2. The number of hydrogen-bond donors (Lipinski definition) is 1. The number of anilines is 1. The molecule has 1 aromatic carbocycles. The lowest BCUT2D eigenvalue weighted by molar-refractivity contribution is -0.137. The summed E-state index contributed by atoms with van der Waals surface area (Å²) in [6.45, 7) is 2.55. The summed E-state index contributed by atoms with van der Waals surface area (Å²) in [6.07, 6.45) is 0.383. The van der Waals surface area contributed by atoms with E-state index in [9.17, 15) is 9.59 Å². The van der Waals surface area contributed by atoms with Crippen molar-refractivity contribution in [3.05, 3.63) is 29.8 Å². The fourth-order valence-electron chi connectivity index (χ4n) is 2.08. The van der Waals surface area contributed by atoms with Crippen LogP contribution in [0.5, 0.6) is 0 Å². The second-order valence-electron chi connectivity index (χ2n) is 4.71. The molecule has 0 aromatic heterocycles. The maximum Gasteiger partial charge on any atom is 0.414 e. The van der Waals surface area contributed by atoms with E-state index in [1.807, 2.05) is 31.2 Å². The third-order valence-electron chi connectivity index (χ3n) is 3.19. The predicted octanol–water partition coefficient (Wildman–Crippen LogP) is 2.58. The van der Waals surface area contributed by atoms with Crippen LogP contribution in [-0.4, -0.2) is 29.8 Å². The van der Waals surface area contributed by atoms with Gasteiger partial charge in [-0.25, -0.2) is 4.79 Å². The van der Waals surface area contributed by atoms with Gasteiger partial charge in [0.25, 0.3) is 0 Å². The molecule has 0 aliphatic carbocycles. The lowest BCUT2D eigenvalue weighted by Gasteiger charge is -2.31. The van der Waals surface area contributed by atoms with Crippen LogP contribution in [0.2, 0.25) is 0 Å². The summed E-state index contributed by atoms with van der Waals surface area (Å²) in [5, 5.41) is 8.62. The van der Waals surface area contributed by atoms with E-state index >= 15 is 0 Å². The number of carbonyl (C=O) groups excluding carboxylic acids is 1. The van der Waals surface area contributed by atoms with E-state index in [0.29, 0.717) is 19.4 Å². The van der Waals surface area contributed by atoms with Crippen molar-refractivity contribution in [3.63, 3.8) is 0 Å². The first-order chi connectivity index (χ1) is 9.06. The molecule has 1 aliphatic heterocycles. The predicted molar refractivity (Wildman–Crippen MR) is 70.3 cm³/mol. The Morgan fingerprint density at radius 2 is 2.11 bits per heavy atom. The number of carboxylic acid groups (broad SMARTS) is 1. The van der Waals surface area contributed by atoms with Crippen molar-refractivity contribution >= 4 is 17.7 Å². The Morgan fingerprint density at radius 1 is 1.42 bits per heavy atom. The highest BCUT2D eigenvalue weighted by atomic mass is 16.6. The molecular formula is C14H17NO4. The molecule has 1 saturated heterocycles. The second-order valence-corrected chi connectivity index (χ2v) is 4.71. The van der Waals surface area contributed by atoms with Gasteiger partial charge in [0.05, 0.1) is 0 Å². The van der Waals surface area contributed by atoms with E-state index < -0.39 is 12.1 Å². The van der Waals surface area contributed by atoms with E-state index in [-0.39, 0.29) is 12.5 Å². The van der Waals surface area contributed by atoms with Crippen LogP contribution in [0.1, 0.15) is 24.8 Å².